The molecule has 1 aliphatic heterocycles. The van der Waals surface area contributed by atoms with E-state index in [1.54, 1.807) is 18.2 Å². The molecule has 1 fully saturated rings. The van der Waals surface area contributed by atoms with Crippen LogP contribution in [-0.2, 0) is 11.3 Å². The summed E-state index contributed by atoms with van der Waals surface area (Å²) in [7, 11) is 0. The van der Waals surface area contributed by atoms with Gasteiger partial charge in [-0.3, -0.25) is 14.3 Å². The monoisotopic (exact) mass is 506 g/mol. The predicted octanol–water partition coefficient (Wildman–Crippen LogP) is 5.78. The number of aromatic nitrogens is 2. The molecular formula is C26H24BrFN4O. The van der Waals surface area contributed by atoms with E-state index in [4.69, 9.17) is 4.98 Å². The third-order valence-corrected chi connectivity index (χ3v) is 6.62. The van der Waals surface area contributed by atoms with E-state index < -0.39 is 5.82 Å². The van der Waals surface area contributed by atoms with E-state index in [2.05, 4.69) is 48.9 Å². The molecule has 7 heteroatoms. The first kappa shape index (κ1) is 21.8. The van der Waals surface area contributed by atoms with E-state index in [1.165, 1.54) is 6.07 Å². The second-order valence-corrected chi connectivity index (χ2v) is 9.29. The van der Waals surface area contributed by atoms with Gasteiger partial charge in [-0.1, -0.05) is 40.2 Å². The van der Waals surface area contributed by atoms with E-state index in [0.29, 0.717) is 13.1 Å². The van der Waals surface area contributed by atoms with Gasteiger partial charge in [0, 0.05) is 16.7 Å². The molecule has 168 valence electrons. The van der Waals surface area contributed by atoms with Crippen LogP contribution < -0.4 is 5.32 Å². The van der Waals surface area contributed by atoms with Crippen LogP contribution in [0, 0.1) is 11.7 Å². The minimum atomic E-state index is -0.415. The van der Waals surface area contributed by atoms with Crippen molar-refractivity contribution in [1.29, 1.82) is 0 Å². The minimum Gasteiger partial charge on any atom is -0.323 e. The quantitative estimate of drug-likeness (QED) is 0.373. The van der Waals surface area contributed by atoms with Crippen molar-refractivity contribution in [3.63, 3.8) is 0 Å². The van der Waals surface area contributed by atoms with Crippen LogP contribution in [0.25, 0.3) is 16.7 Å². The molecule has 1 N–H and O–H groups in total. The van der Waals surface area contributed by atoms with Crippen LogP contribution in [0.2, 0.25) is 0 Å². The van der Waals surface area contributed by atoms with Crippen molar-refractivity contribution in [2.24, 2.45) is 5.92 Å². The smallest absolute Gasteiger partial charge is 0.228 e. The molecule has 0 bridgehead atoms. The number of benzene rings is 3. The Balaban J connectivity index is 1.37. The summed E-state index contributed by atoms with van der Waals surface area (Å²) in [5.74, 6) is 0.200. The fourth-order valence-electron chi connectivity index (χ4n) is 4.47. The first-order valence-corrected chi connectivity index (χ1v) is 11.9. The lowest BCUT2D eigenvalue weighted by atomic mass is 9.97. The molecule has 1 amide bonds. The summed E-state index contributed by atoms with van der Waals surface area (Å²) in [6.45, 7) is 2.14. The van der Waals surface area contributed by atoms with Crippen molar-refractivity contribution in [3.8, 4) is 5.69 Å². The molecule has 1 aromatic heterocycles. The van der Waals surface area contributed by atoms with Crippen molar-refractivity contribution in [3.05, 3.63) is 88.9 Å². The van der Waals surface area contributed by atoms with Gasteiger partial charge in [-0.25, -0.2) is 9.37 Å². The zero-order chi connectivity index (χ0) is 22.8. The lowest BCUT2D eigenvalue weighted by molar-refractivity contribution is -0.121. The third-order valence-electron chi connectivity index (χ3n) is 6.09. The molecule has 3 aromatic carbocycles. The van der Waals surface area contributed by atoms with Gasteiger partial charge in [0.1, 0.15) is 11.6 Å². The first-order valence-electron chi connectivity index (χ1n) is 11.1. The third kappa shape index (κ3) is 4.70. The topological polar surface area (TPSA) is 50.2 Å². The second kappa shape index (κ2) is 9.45. The van der Waals surface area contributed by atoms with Crippen molar-refractivity contribution >= 4 is 38.6 Å². The summed E-state index contributed by atoms with van der Waals surface area (Å²) < 4.78 is 17.2. The number of carbonyl (C=O) groups excluding carboxylic acids is 1. The molecule has 5 rings (SSSR count). The zero-order valence-electron chi connectivity index (χ0n) is 18.0. The van der Waals surface area contributed by atoms with Gasteiger partial charge in [-0.05, 0) is 67.9 Å². The van der Waals surface area contributed by atoms with Gasteiger partial charge in [0.05, 0.1) is 29.2 Å². The SMILES string of the molecule is O=C(Nc1ccccc1F)[C@H]1CCCN(Cc2nc3ccccc3n2-c2ccc(Br)cc2)C1. The maximum absolute atomic E-state index is 14.0. The largest absolute Gasteiger partial charge is 0.323 e. The maximum atomic E-state index is 14.0. The summed E-state index contributed by atoms with van der Waals surface area (Å²) in [5, 5.41) is 2.76. The van der Waals surface area contributed by atoms with Crippen molar-refractivity contribution in [2.45, 2.75) is 19.4 Å². The molecule has 0 unspecified atom stereocenters. The number of amides is 1. The van der Waals surface area contributed by atoms with Gasteiger partial charge in [-0.15, -0.1) is 0 Å². The highest BCUT2D eigenvalue weighted by Gasteiger charge is 2.27. The van der Waals surface area contributed by atoms with E-state index in [9.17, 15) is 9.18 Å². The molecule has 5 nitrogen and oxygen atoms in total. The summed E-state index contributed by atoms with van der Waals surface area (Å²) >= 11 is 3.51. The summed E-state index contributed by atoms with van der Waals surface area (Å²) in [4.78, 5) is 20.0. The Hall–Kier alpha value is -3.03. The highest BCUT2D eigenvalue weighted by molar-refractivity contribution is 9.10. The molecule has 0 radical (unpaired) electrons. The molecule has 4 aromatic rings. The number of anilines is 1. The lowest BCUT2D eigenvalue weighted by Gasteiger charge is -2.31. The van der Waals surface area contributed by atoms with E-state index in [0.717, 1.165) is 46.4 Å². The number of likely N-dealkylation sites (tertiary alicyclic amines) is 1. The number of nitrogens with one attached hydrogen (secondary N) is 1. The van der Waals surface area contributed by atoms with Crippen LogP contribution in [0.3, 0.4) is 0 Å². The standard InChI is InChI=1S/C26H24BrFN4O/c27-19-11-13-20(14-12-19)32-24-10-4-3-9-23(24)29-25(32)17-31-15-5-6-18(16-31)26(33)30-22-8-2-1-7-21(22)28/h1-4,7-14,18H,5-6,15-17H2,(H,30,33)/t18-/m0/s1. The molecule has 33 heavy (non-hydrogen) atoms. The molecule has 0 spiro atoms. The van der Waals surface area contributed by atoms with E-state index >= 15 is 0 Å². The van der Waals surface area contributed by atoms with Gasteiger partial charge in [0.2, 0.25) is 5.91 Å². The molecule has 2 heterocycles. The summed E-state index contributed by atoms with van der Waals surface area (Å²) in [6.07, 6.45) is 1.70. The average molecular weight is 507 g/mol. The van der Waals surface area contributed by atoms with E-state index in [1.807, 2.05) is 30.3 Å². The van der Waals surface area contributed by atoms with Crippen molar-refractivity contribution in [2.75, 3.05) is 18.4 Å². The first-order chi connectivity index (χ1) is 16.1. The van der Waals surface area contributed by atoms with Crippen LogP contribution in [0.15, 0.2) is 77.3 Å². The number of imidazole rings is 1. The summed E-state index contributed by atoms with van der Waals surface area (Å²) in [6, 6.07) is 22.6. The Morgan fingerprint density at radius 1 is 1.06 bits per heavy atom. The van der Waals surface area contributed by atoms with Crippen molar-refractivity contribution in [1.82, 2.24) is 14.5 Å². The predicted molar refractivity (Wildman–Crippen MR) is 132 cm³/mol. The second-order valence-electron chi connectivity index (χ2n) is 8.37. The van der Waals surface area contributed by atoms with Crippen LogP contribution in [0.4, 0.5) is 10.1 Å². The molecule has 1 aliphatic rings. The van der Waals surface area contributed by atoms with Gasteiger partial charge in [-0.2, -0.15) is 0 Å². The van der Waals surface area contributed by atoms with Gasteiger partial charge in [0.15, 0.2) is 0 Å². The fraction of sp³-hybridized carbons (Fsp3) is 0.231. The normalized spacial score (nSPS) is 16.7. The minimum absolute atomic E-state index is 0.133. The maximum Gasteiger partial charge on any atom is 0.228 e. The van der Waals surface area contributed by atoms with E-state index in [-0.39, 0.29) is 17.5 Å². The van der Waals surface area contributed by atoms with Crippen LogP contribution in [0.5, 0.6) is 0 Å². The van der Waals surface area contributed by atoms with Gasteiger partial charge < -0.3 is 5.32 Å². The number of hydrogen-bond acceptors (Lipinski definition) is 3. The molecule has 0 aliphatic carbocycles. The Labute approximate surface area is 200 Å². The van der Waals surface area contributed by atoms with Gasteiger partial charge in [0.25, 0.3) is 0 Å². The molecule has 1 atom stereocenters. The Kier molecular flexibility index (Phi) is 6.24. The number of carbonyl (C=O) groups is 1. The van der Waals surface area contributed by atoms with Crippen LogP contribution in [0.1, 0.15) is 18.7 Å². The fourth-order valence-corrected chi connectivity index (χ4v) is 4.74. The van der Waals surface area contributed by atoms with Crippen molar-refractivity contribution < 1.29 is 9.18 Å². The Morgan fingerprint density at radius 3 is 2.64 bits per heavy atom. The number of nitrogens with zero attached hydrogens (tertiary/aromatic N) is 3. The Bertz CT molecular complexity index is 1290. The highest BCUT2D eigenvalue weighted by Crippen LogP contribution is 2.26. The highest BCUT2D eigenvalue weighted by atomic mass is 79.9. The summed E-state index contributed by atoms with van der Waals surface area (Å²) in [5.41, 5.74) is 3.28. The van der Waals surface area contributed by atoms with Crippen LogP contribution >= 0.6 is 15.9 Å². The van der Waals surface area contributed by atoms with Crippen LogP contribution in [-0.4, -0.2) is 33.4 Å². The zero-order valence-corrected chi connectivity index (χ0v) is 19.6. The number of rotatable bonds is 5. The molecule has 1 saturated heterocycles. The van der Waals surface area contributed by atoms with Gasteiger partial charge >= 0.3 is 0 Å². The molecular weight excluding hydrogens is 483 g/mol. The number of fused-ring (bicyclic) bond motifs is 1. The number of halogens is 2. The molecule has 0 saturated carbocycles. The number of hydrogen-bond donors (Lipinski definition) is 1. The Morgan fingerprint density at radius 2 is 1.82 bits per heavy atom. The lowest BCUT2D eigenvalue weighted by Crippen LogP contribution is -2.40. The average Bonchev–Trinajstić information content (AvgIpc) is 3.19. The number of piperidine rings is 1. The number of para-hydroxylation sites is 3.